The standard InChI is InChI=1S/C13H22O2S/c1-13(2,3)12(14)9-7-10-5-4-6-11(8-9)16(10)15/h9-11H,4-8H2,1-3H3. The van der Waals surface area contributed by atoms with Crippen LogP contribution in [-0.2, 0) is 15.6 Å². The molecule has 2 bridgehead atoms. The van der Waals surface area contributed by atoms with Crippen molar-refractivity contribution in [3.05, 3.63) is 0 Å². The Morgan fingerprint density at radius 2 is 1.62 bits per heavy atom. The van der Waals surface area contributed by atoms with Crippen LogP contribution in [0.15, 0.2) is 0 Å². The second-order valence-corrected chi connectivity index (χ2v) is 8.28. The molecule has 92 valence electrons. The largest absolute Gasteiger partial charge is 0.299 e. The summed E-state index contributed by atoms with van der Waals surface area (Å²) in [6.07, 6.45) is 5.09. The zero-order chi connectivity index (χ0) is 11.9. The molecular formula is C13H22O2S. The first-order valence-electron chi connectivity index (χ1n) is 6.33. The quantitative estimate of drug-likeness (QED) is 0.708. The number of Topliss-reactive ketones (excluding diaryl/α,β-unsaturated/α-hetero) is 1. The first-order valence-corrected chi connectivity index (χ1v) is 7.61. The van der Waals surface area contributed by atoms with Gasteiger partial charge in [0.1, 0.15) is 5.78 Å². The van der Waals surface area contributed by atoms with Gasteiger partial charge in [0, 0.05) is 32.6 Å². The Bertz CT molecular complexity index is 300. The Kier molecular flexibility index (Phi) is 3.26. The van der Waals surface area contributed by atoms with Crippen LogP contribution < -0.4 is 0 Å². The summed E-state index contributed by atoms with van der Waals surface area (Å²) in [6, 6.07) is 0. The van der Waals surface area contributed by atoms with E-state index >= 15 is 0 Å². The lowest BCUT2D eigenvalue weighted by Crippen LogP contribution is -2.43. The van der Waals surface area contributed by atoms with Crippen LogP contribution in [-0.4, -0.2) is 20.5 Å². The minimum absolute atomic E-state index is 0.174. The minimum atomic E-state index is -0.652. The molecule has 0 radical (unpaired) electrons. The molecular weight excluding hydrogens is 220 g/mol. The molecule has 2 nitrogen and oxygen atoms in total. The Morgan fingerprint density at radius 3 is 2.06 bits per heavy atom. The van der Waals surface area contributed by atoms with Gasteiger partial charge in [0.25, 0.3) is 0 Å². The second-order valence-electron chi connectivity index (χ2n) is 6.29. The van der Waals surface area contributed by atoms with E-state index in [1.807, 2.05) is 20.8 Å². The van der Waals surface area contributed by atoms with Crippen LogP contribution in [0.5, 0.6) is 0 Å². The Hall–Kier alpha value is -0.180. The fraction of sp³-hybridized carbons (Fsp3) is 0.923. The number of carbonyl (C=O) groups is 1. The highest BCUT2D eigenvalue weighted by Gasteiger charge is 2.42. The van der Waals surface area contributed by atoms with Gasteiger partial charge in [0.2, 0.25) is 0 Å². The van der Waals surface area contributed by atoms with Crippen molar-refractivity contribution in [1.82, 2.24) is 0 Å². The number of fused-ring (bicyclic) bond motifs is 2. The normalized spacial score (nSPS) is 39.4. The smallest absolute Gasteiger partial charge is 0.141 e. The summed E-state index contributed by atoms with van der Waals surface area (Å²) in [5.74, 6) is 0.550. The van der Waals surface area contributed by atoms with Gasteiger partial charge in [-0.05, 0) is 25.7 Å². The third kappa shape index (κ3) is 2.24. The Labute approximate surface area is 101 Å². The van der Waals surface area contributed by atoms with Crippen molar-refractivity contribution in [3.8, 4) is 0 Å². The number of carbonyl (C=O) groups excluding carboxylic acids is 1. The first kappa shape index (κ1) is 12.3. The summed E-state index contributed by atoms with van der Waals surface area (Å²) < 4.78 is 12.0. The molecule has 0 saturated carbocycles. The number of hydrogen-bond acceptors (Lipinski definition) is 2. The molecule has 2 unspecified atom stereocenters. The fourth-order valence-corrected chi connectivity index (χ4v) is 5.25. The summed E-state index contributed by atoms with van der Waals surface area (Å²) in [6.45, 7) is 5.99. The van der Waals surface area contributed by atoms with Crippen molar-refractivity contribution in [3.63, 3.8) is 0 Å². The molecule has 0 aromatic rings. The van der Waals surface area contributed by atoms with E-state index in [-0.39, 0.29) is 11.3 Å². The van der Waals surface area contributed by atoms with E-state index in [2.05, 4.69) is 0 Å². The van der Waals surface area contributed by atoms with E-state index in [9.17, 15) is 9.00 Å². The highest BCUT2D eigenvalue weighted by atomic mass is 32.2. The van der Waals surface area contributed by atoms with Crippen molar-refractivity contribution in [2.24, 2.45) is 11.3 Å². The highest BCUT2D eigenvalue weighted by molar-refractivity contribution is 7.86. The monoisotopic (exact) mass is 242 g/mol. The molecule has 2 saturated heterocycles. The van der Waals surface area contributed by atoms with Gasteiger partial charge in [-0.25, -0.2) is 0 Å². The van der Waals surface area contributed by atoms with E-state index < -0.39 is 10.8 Å². The molecule has 2 heterocycles. The van der Waals surface area contributed by atoms with E-state index in [0.29, 0.717) is 16.3 Å². The van der Waals surface area contributed by atoms with Gasteiger partial charge in [-0.3, -0.25) is 9.00 Å². The van der Waals surface area contributed by atoms with E-state index in [0.717, 1.165) is 25.7 Å². The number of ketones is 1. The highest BCUT2D eigenvalue weighted by Crippen LogP contribution is 2.39. The van der Waals surface area contributed by atoms with Gasteiger partial charge in [-0.1, -0.05) is 27.2 Å². The molecule has 16 heavy (non-hydrogen) atoms. The maximum atomic E-state index is 12.3. The zero-order valence-electron chi connectivity index (χ0n) is 10.5. The van der Waals surface area contributed by atoms with Crippen molar-refractivity contribution in [2.45, 2.75) is 63.4 Å². The van der Waals surface area contributed by atoms with Gasteiger partial charge in [0.15, 0.2) is 0 Å². The van der Waals surface area contributed by atoms with Gasteiger partial charge < -0.3 is 0 Å². The first-order chi connectivity index (χ1) is 7.39. The second kappa shape index (κ2) is 4.25. The Morgan fingerprint density at radius 1 is 1.12 bits per heavy atom. The lowest BCUT2D eigenvalue weighted by atomic mass is 9.77. The summed E-state index contributed by atoms with van der Waals surface area (Å²) >= 11 is 0. The zero-order valence-corrected chi connectivity index (χ0v) is 11.3. The van der Waals surface area contributed by atoms with Crippen LogP contribution in [0.4, 0.5) is 0 Å². The number of hydrogen-bond donors (Lipinski definition) is 0. The van der Waals surface area contributed by atoms with Gasteiger partial charge in [0.05, 0.1) is 0 Å². The molecule has 0 aliphatic carbocycles. The van der Waals surface area contributed by atoms with E-state index in [1.54, 1.807) is 0 Å². The maximum Gasteiger partial charge on any atom is 0.141 e. The van der Waals surface area contributed by atoms with Crippen LogP contribution in [0, 0.1) is 11.3 Å². The van der Waals surface area contributed by atoms with Crippen LogP contribution >= 0.6 is 0 Å². The van der Waals surface area contributed by atoms with Crippen molar-refractivity contribution in [1.29, 1.82) is 0 Å². The molecule has 0 aromatic carbocycles. The lowest BCUT2D eigenvalue weighted by molar-refractivity contribution is -0.131. The molecule has 3 heteroatoms. The molecule has 2 fully saturated rings. The van der Waals surface area contributed by atoms with Crippen LogP contribution in [0.3, 0.4) is 0 Å². The summed E-state index contributed by atoms with van der Waals surface area (Å²) in [5.41, 5.74) is -0.238. The third-order valence-corrected chi connectivity index (χ3v) is 6.08. The average molecular weight is 242 g/mol. The summed E-state index contributed by atoms with van der Waals surface area (Å²) in [5, 5.41) is 0.618. The number of rotatable bonds is 1. The molecule has 2 atom stereocenters. The SMILES string of the molecule is CC(C)(C)C(=O)C1CC2CCCC(C1)S2=O. The molecule has 0 aromatic heterocycles. The van der Waals surface area contributed by atoms with Gasteiger partial charge >= 0.3 is 0 Å². The third-order valence-electron chi connectivity index (χ3n) is 3.91. The molecule has 0 amide bonds. The van der Waals surface area contributed by atoms with Crippen LogP contribution in [0.25, 0.3) is 0 Å². The minimum Gasteiger partial charge on any atom is -0.299 e. The summed E-state index contributed by atoms with van der Waals surface area (Å²) in [7, 11) is -0.652. The van der Waals surface area contributed by atoms with Crippen molar-refractivity contribution < 1.29 is 9.00 Å². The van der Waals surface area contributed by atoms with Crippen molar-refractivity contribution in [2.75, 3.05) is 0 Å². The van der Waals surface area contributed by atoms with Crippen molar-refractivity contribution >= 4 is 16.6 Å². The molecule has 0 spiro atoms. The van der Waals surface area contributed by atoms with Gasteiger partial charge in [-0.15, -0.1) is 0 Å². The van der Waals surface area contributed by atoms with Crippen LogP contribution in [0.2, 0.25) is 0 Å². The van der Waals surface area contributed by atoms with Gasteiger partial charge in [-0.2, -0.15) is 0 Å². The molecule has 0 N–H and O–H groups in total. The predicted octanol–water partition coefficient (Wildman–Crippen LogP) is 2.68. The fourth-order valence-electron chi connectivity index (χ4n) is 3.06. The Balaban J connectivity index is 2.10. The van der Waals surface area contributed by atoms with Crippen LogP contribution in [0.1, 0.15) is 52.9 Å². The average Bonchev–Trinajstić information content (AvgIpc) is 2.14. The molecule has 2 rings (SSSR count). The predicted molar refractivity (Wildman–Crippen MR) is 66.8 cm³/mol. The van der Waals surface area contributed by atoms with E-state index in [1.165, 1.54) is 6.42 Å². The maximum absolute atomic E-state index is 12.3. The molecule has 2 aliphatic heterocycles. The summed E-state index contributed by atoms with van der Waals surface area (Å²) in [4.78, 5) is 12.3. The molecule has 2 aliphatic rings. The van der Waals surface area contributed by atoms with E-state index in [4.69, 9.17) is 0 Å². The topological polar surface area (TPSA) is 34.1 Å². The lowest BCUT2D eigenvalue weighted by Gasteiger charge is -2.39.